The lowest BCUT2D eigenvalue weighted by Gasteiger charge is -2.36. The molecule has 0 aromatic rings. The van der Waals surface area contributed by atoms with E-state index in [0.717, 1.165) is 12.5 Å². The summed E-state index contributed by atoms with van der Waals surface area (Å²) in [5.74, 6) is 0.819. The van der Waals surface area contributed by atoms with Gasteiger partial charge in [0.2, 0.25) is 0 Å². The van der Waals surface area contributed by atoms with E-state index >= 15 is 0 Å². The third-order valence-electron chi connectivity index (χ3n) is 3.21. The second-order valence-electron chi connectivity index (χ2n) is 7.40. The molecular formula is C11H29NOSi3. The van der Waals surface area contributed by atoms with Crippen LogP contribution in [0.1, 0.15) is 6.92 Å². The quantitative estimate of drug-likeness (QED) is 0.684. The lowest BCUT2D eigenvalue weighted by Crippen LogP contribution is -2.55. The van der Waals surface area contributed by atoms with Gasteiger partial charge in [-0.3, -0.25) is 0 Å². The van der Waals surface area contributed by atoms with Crippen molar-refractivity contribution in [3.05, 3.63) is 0 Å². The van der Waals surface area contributed by atoms with Gasteiger partial charge in [-0.15, -0.1) is 0 Å². The lowest BCUT2D eigenvalue weighted by atomic mass is 10.2. The fourth-order valence-electron chi connectivity index (χ4n) is 3.42. The molecule has 16 heavy (non-hydrogen) atoms. The maximum atomic E-state index is 6.53. The van der Waals surface area contributed by atoms with Crippen LogP contribution in [0.25, 0.3) is 0 Å². The fourth-order valence-corrected chi connectivity index (χ4v) is 22.8. The molecule has 1 saturated heterocycles. The summed E-state index contributed by atoms with van der Waals surface area (Å²) in [4.78, 5) is 3.72. The molecule has 1 N–H and O–H groups in total. The Labute approximate surface area is 105 Å². The van der Waals surface area contributed by atoms with E-state index in [4.69, 9.17) is 4.12 Å². The van der Waals surface area contributed by atoms with Crippen LogP contribution in [-0.4, -0.2) is 31.4 Å². The van der Waals surface area contributed by atoms with Gasteiger partial charge in [0.15, 0.2) is 8.32 Å². The molecule has 2 nitrogen and oxygen atoms in total. The first-order valence-electron chi connectivity index (χ1n) is 6.47. The summed E-state index contributed by atoms with van der Waals surface area (Å²) in [6, 6.07) is 1.45. The summed E-state index contributed by atoms with van der Waals surface area (Å²) in [5, 5.41) is 0. The molecule has 1 unspecified atom stereocenters. The Morgan fingerprint density at radius 3 is 2.19 bits per heavy atom. The smallest absolute Gasteiger partial charge is 0.251 e. The highest BCUT2D eigenvalue weighted by Crippen LogP contribution is 2.30. The number of hydrogen-bond donors (Lipinski definition) is 1. The van der Waals surface area contributed by atoms with Crippen molar-refractivity contribution in [2.45, 2.75) is 57.9 Å². The van der Waals surface area contributed by atoms with Gasteiger partial charge >= 0.3 is 0 Å². The molecule has 0 aromatic heterocycles. The van der Waals surface area contributed by atoms with Crippen LogP contribution in [-0.2, 0) is 4.12 Å². The molecule has 5 heteroatoms. The van der Waals surface area contributed by atoms with Crippen LogP contribution in [0.4, 0.5) is 0 Å². The van der Waals surface area contributed by atoms with E-state index in [2.05, 4.69) is 51.2 Å². The Morgan fingerprint density at radius 2 is 1.62 bits per heavy atom. The molecule has 0 saturated carbocycles. The molecule has 0 amide bonds. The third-order valence-corrected chi connectivity index (χ3v) is 17.6. The molecule has 1 aliphatic rings. The minimum Gasteiger partial charge on any atom is -0.445 e. The SMILES string of the molecule is CC1CN[Si](C)(C)O[Si](C)(C)C[Si](C)(C)C1. The summed E-state index contributed by atoms with van der Waals surface area (Å²) in [6.45, 7) is 18.1. The van der Waals surface area contributed by atoms with Crippen molar-refractivity contribution in [3.8, 4) is 0 Å². The van der Waals surface area contributed by atoms with E-state index < -0.39 is 24.9 Å². The molecule has 0 radical (unpaired) electrons. The second kappa shape index (κ2) is 4.68. The van der Waals surface area contributed by atoms with E-state index in [1.807, 2.05) is 0 Å². The van der Waals surface area contributed by atoms with Gasteiger partial charge in [-0.25, -0.2) is 0 Å². The zero-order chi connectivity index (χ0) is 12.6. The van der Waals surface area contributed by atoms with E-state index in [-0.39, 0.29) is 0 Å². The van der Waals surface area contributed by atoms with Crippen molar-refractivity contribution in [2.75, 3.05) is 6.54 Å². The number of hydrogen-bond acceptors (Lipinski definition) is 2. The minimum absolute atomic E-state index is 0.819. The van der Waals surface area contributed by atoms with Crippen LogP contribution in [0, 0.1) is 5.92 Å². The normalized spacial score (nSPS) is 33.6. The van der Waals surface area contributed by atoms with Gasteiger partial charge in [0.1, 0.15) is 0 Å². The Balaban J connectivity index is 2.87. The number of nitrogens with one attached hydrogen (secondary N) is 1. The molecule has 0 aliphatic carbocycles. The van der Waals surface area contributed by atoms with Gasteiger partial charge in [0.05, 0.1) is 0 Å². The first-order valence-corrected chi connectivity index (χ1v) is 15.9. The largest absolute Gasteiger partial charge is 0.445 e. The van der Waals surface area contributed by atoms with E-state index in [0.29, 0.717) is 0 Å². The Hall–Kier alpha value is 0.571. The second-order valence-corrected chi connectivity index (χ2v) is 21.3. The Bertz CT molecular complexity index is 254. The van der Waals surface area contributed by atoms with E-state index in [9.17, 15) is 0 Å². The van der Waals surface area contributed by atoms with Crippen molar-refractivity contribution < 1.29 is 4.12 Å². The maximum Gasteiger partial charge on any atom is 0.251 e. The molecule has 1 heterocycles. The van der Waals surface area contributed by atoms with Gasteiger partial charge in [0.25, 0.3) is 8.48 Å². The molecule has 1 atom stereocenters. The maximum absolute atomic E-state index is 6.53. The van der Waals surface area contributed by atoms with Crippen LogP contribution in [0.3, 0.4) is 0 Å². The summed E-state index contributed by atoms with van der Waals surface area (Å²) < 4.78 is 6.53. The predicted molar refractivity (Wildman–Crippen MR) is 80.3 cm³/mol. The molecular weight excluding hydrogens is 246 g/mol. The highest BCUT2D eigenvalue weighted by Gasteiger charge is 2.40. The van der Waals surface area contributed by atoms with E-state index in [1.54, 1.807) is 0 Å². The Morgan fingerprint density at radius 1 is 1.06 bits per heavy atom. The molecule has 0 aromatic carbocycles. The average Bonchev–Trinajstić information content (AvgIpc) is 1.95. The van der Waals surface area contributed by atoms with Gasteiger partial charge in [0, 0.05) is 8.07 Å². The van der Waals surface area contributed by atoms with Crippen LogP contribution >= 0.6 is 0 Å². The zero-order valence-corrected chi connectivity index (χ0v) is 15.1. The van der Waals surface area contributed by atoms with Crippen LogP contribution in [0.15, 0.2) is 0 Å². The van der Waals surface area contributed by atoms with Gasteiger partial charge in [-0.05, 0) is 44.3 Å². The molecule has 0 spiro atoms. The molecule has 96 valence electrons. The van der Waals surface area contributed by atoms with Crippen LogP contribution in [0.2, 0.25) is 51.0 Å². The summed E-state index contributed by atoms with van der Waals surface area (Å²) in [5.41, 5.74) is 1.42. The van der Waals surface area contributed by atoms with Crippen molar-refractivity contribution in [2.24, 2.45) is 5.92 Å². The number of rotatable bonds is 0. The Kier molecular flexibility index (Phi) is 4.28. The van der Waals surface area contributed by atoms with E-state index in [1.165, 1.54) is 11.7 Å². The first kappa shape index (κ1) is 14.6. The monoisotopic (exact) mass is 275 g/mol. The van der Waals surface area contributed by atoms with Gasteiger partial charge in [-0.1, -0.05) is 26.1 Å². The fraction of sp³-hybridized carbons (Fsp3) is 1.00. The highest BCUT2D eigenvalue weighted by molar-refractivity contribution is 6.95. The van der Waals surface area contributed by atoms with Crippen molar-refractivity contribution in [1.29, 1.82) is 0 Å². The first-order chi connectivity index (χ1) is 7.02. The van der Waals surface area contributed by atoms with Crippen LogP contribution < -0.4 is 4.98 Å². The van der Waals surface area contributed by atoms with Gasteiger partial charge < -0.3 is 9.10 Å². The zero-order valence-electron chi connectivity index (χ0n) is 12.1. The topological polar surface area (TPSA) is 21.3 Å². The minimum atomic E-state index is -1.61. The summed E-state index contributed by atoms with van der Waals surface area (Å²) in [6.07, 6.45) is 0. The highest BCUT2D eigenvalue weighted by atomic mass is 28.5. The van der Waals surface area contributed by atoms with Crippen molar-refractivity contribution >= 4 is 24.9 Å². The average molecular weight is 276 g/mol. The molecule has 1 rings (SSSR count). The molecule has 0 bridgehead atoms. The van der Waals surface area contributed by atoms with Gasteiger partial charge in [-0.2, -0.15) is 0 Å². The lowest BCUT2D eigenvalue weighted by molar-refractivity contribution is 0.509. The third kappa shape index (κ3) is 4.83. The summed E-state index contributed by atoms with van der Waals surface area (Å²) >= 11 is 0. The molecule has 1 aliphatic heterocycles. The van der Waals surface area contributed by atoms with Crippen molar-refractivity contribution in [3.63, 3.8) is 0 Å². The standard InChI is InChI=1S/C11H29NOSi3/c1-11-8-12-16(6,7)13-15(4,5)10-14(2,3)9-11/h11-12H,8-10H2,1-7H3. The van der Waals surface area contributed by atoms with Crippen molar-refractivity contribution in [1.82, 2.24) is 4.98 Å². The predicted octanol–water partition coefficient (Wildman–Crippen LogP) is 3.40. The summed E-state index contributed by atoms with van der Waals surface area (Å²) in [7, 11) is -4.10. The molecule has 1 fully saturated rings. The van der Waals surface area contributed by atoms with Crippen LogP contribution in [0.5, 0.6) is 0 Å².